The fraction of sp³-hybridized carbons (Fsp3) is 1.00. The Balaban J connectivity index is 2.57. The first-order valence-corrected chi connectivity index (χ1v) is 9.17. The van der Waals surface area contributed by atoms with E-state index in [1.807, 2.05) is 0 Å². The summed E-state index contributed by atoms with van der Waals surface area (Å²) < 4.78 is 0. The lowest BCUT2D eigenvalue weighted by atomic mass is 9.83. The highest BCUT2D eigenvalue weighted by Crippen LogP contribution is 2.39. The third kappa shape index (κ3) is 4.46. The van der Waals surface area contributed by atoms with Gasteiger partial charge in [0.2, 0.25) is 0 Å². The van der Waals surface area contributed by atoms with E-state index < -0.39 is 0 Å². The highest BCUT2D eigenvalue weighted by molar-refractivity contribution is 5.02. The van der Waals surface area contributed by atoms with Gasteiger partial charge in [0.25, 0.3) is 0 Å². The van der Waals surface area contributed by atoms with Gasteiger partial charge in [-0.25, -0.2) is 0 Å². The largest absolute Gasteiger partial charge is 0.315 e. The van der Waals surface area contributed by atoms with Crippen molar-refractivity contribution < 1.29 is 0 Å². The Morgan fingerprint density at radius 2 is 1.55 bits per heavy atom. The fourth-order valence-corrected chi connectivity index (χ4v) is 4.36. The lowest BCUT2D eigenvalue weighted by Crippen LogP contribution is -2.59. The number of rotatable bonds is 11. The Morgan fingerprint density at radius 3 is 2.05 bits per heavy atom. The molecule has 1 fully saturated rings. The molecule has 120 valence electrons. The van der Waals surface area contributed by atoms with E-state index in [4.69, 9.17) is 0 Å². The summed E-state index contributed by atoms with van der Waals surface area (Å²) in [5.41, 5.74) is 0.447. The van der Waals surface area contributed by atoms with Gasteiger partial charge in [0, 0.05) is 11.6 Å². The van der Waals surface area contributed by atoms with Crippen LogP contribution in [0.4, 0.5) is 0 Å². The van der Waals surface area contributed by atoms with Crippen LogP contribution in [0.25, 0.3) is 0 Å². The summed E-state index contributed by atoms with van der Waals surface area (Å²) in [7, 11) is 2.18. The van der Waals surface area contributed by atoms with Gasteiger partial charge >= 0.3 is 0 Å². The van der Waals surface area contributed by atoms with Crippen LogP contribution in [0.1, 0.15) is 85.0 Å². The summed E-state index contributed by atoms with van der Waals surface area (Å²) >= 11 is 0. The van der Waals surface area contributed by atoms with E-state index in [0.717, 1.165) is 0 Å². The van der Waals surface area contributed by atoms with Crippen LogP contribution in [0.2, 0.25) is 0 Å². The molecule has 1 atom stereocenters. The number of hydrogen-bond acceptors (Lipinski definition) is 2. The van der Waals surface area contributed by atoms with E-state index >= 15 is 0 Å². The second-order valence-electron chi connectivity index (χ2n) is 6.53. The minimum absolute atomic E-state index is 0.447. The average Bonchev–Trinajstić information content (AvgIpc) is 2.94. The number of nitrogens with zero attached hydrogens (tertiary/aromatic N) is 1. The molecule has 0 amide bonds. The Labute approximate surface area is 127 Å². The van der Waals surface area contributed by atoms with Gasteiger partial charge in [-0.3, -0.25) is 4.90 Å². The lowest BCUT2D eigenvalue weighted by Gasteiger charge is -2.46. The zero-order valence-corrected chi connectivity index (χ0v) is 14.5. The van der Waals surface area contributed by atoms with Crippen LogP contribution in [0.5, 0.6) is 0 Å². The van der Waals surface area contributed by atoms with Crippen LogP contribution in [0.15, 0.2) is 0 Å². The minimum atomic E-state index is 0.447. The van der Waals surface area contributed by atoms with Crippen molar-refractivity contribution in [3.63, 3.8) is 0 Å². The van der Waals surface area contributed by atoms with Gasteiger partial charge in [0.1, 0.15) is 0 Å². The smallest absolute Gasteiger partial charge is 0.0362 e. The molecule has 0 spiro atoms. The Bertz CT molecular complexity index is 230. The average molecular weight is 283 g/mol. The van der Waals surface area contributed by atoms with E-state index in [1.54, 1.807) is 0 Å². The molecule has 1 aliphatic rings. The summed E-state index contributed by atoms with van der Waals surface area (Å²) in [6.45, 7) is 9.36. The molecule has 20 heavy (non-hydrogen) atoms. The second-order valence-corrected chi connectivity index (χ2v) is 6.53. The molecule has 0 heterocycles. The molecule has 0 aromatic rings. The molecule has 0 aliphatic heterocycles. The van der Waals surface area contributed by atoms with Crippen LogP contribution in [-0.4, -0.2) is 36.6 Å². The highest BCUT2D eigenvalue weighted by Gasteiger charge is 2.43. The molecule has 1 aliphatic carbocycles. The zero-order valence-electron chi connectivity index (χ0n) is 14.5. The van der Waals surface area contributed by atoms with Gasteiger partial charge in [-0.15, -0.1) is 0 Å². The summed E-state index contributed by atoms with van der Waals surface area (Å²) in [5, 5.41) is 3.68. The normalized spacial score (nSPS) is 19.6. The van der Waals surface area contributed by atoms with Crippen molar-refractivity contribution >= 4 is 0 Å². The lowest BCUT2D eigenvalue weighted by molar-refractivity contribution is 0.0615. The van der Waals surface area contributed by atoms with Crippen molar-refractivity contribution in [1.29, 1.82) is 0 Å². The first-order chi connectivity index (χ1) is 9.75. The number of likely N-dealkylation sites (N-methyl/N-ethyl adjacent to an activating group) is 2. The van der Waals surface area contributed by atoms with Gasteiger partial charge in [0.15, 0.2) is 0 Å². The maximum Gasteiger partial charge on any atom is 0.0362 e. The molecule has 0 bridgehead atoms. The van der Waals surface area contributed by atoms with Gasteiger partial charge in [-0.2, -0.15) is 0 Å². The molecule has 0 radical (unpaired) electrons. The van der Waals surface area contributed by atoms with Crippen molar-refractivity contribution in [2.75, 3.05) is 20.1 Å². The van der Waals surface area contributed by atoms with Crippen LogP contribution in [0, 0.1) is 0 Å². The van der Waals surface area contributed by atoms with Crippen molar-refractivity contribution in [2.24, 2.45) is 0 Å². The van der Waals surface area contributed by atoms with Crippen LogP contribution < -0.4 is 5.32 Å². The Kier molecular flexibility index (Phi) is 8.79. The van der Waals surface area contributed by atoms with Crippen molar-refractivity contribution in [3.05, 3.63) is 0 Å². The van der Waals surface area contributed by atoms with Crippen molar-refractivity contribution in [2.45, 2.75) is 96.6 Å². The molecule has 2 heteroatoms. The predicted molar refractivity (Wildman–Crippen MR) is 90.3 cm³/mol. The van der Waals surface area contributed by atoms with Gasteiger partial charge in [0.05, 0.1) is 0 Å². The van der Waals surface area contributed by atoms with Crippen LogP contribution in [0.3, 0.4) is 0 Å². The fourth-order valence-electron chi connectivity index (χ4n) is 4.36. The van der Waals surface area contributed by atoms with Crippen molar-refractivity contribution in [1.82, 2.24) is 10.2 Å². The highest BCUT2D eigenvalue weighted by atomic mass is 15.2. The minimum Gasteiger partial charge on any atom is -0.315 e. The predicted octanol–water partition coefficient (Wildman–Crippen LogP) is 4.59. The van der Waals surface area contributed by atoms with E-state index in [9.17, 15) is 0 Å². The van der Waals surface area contributed by atoms with E-state index in [2.05, 4.69) is 38.0 Å². The molecule has 0 saturated heterocycles. The number of nitrogens with one attached hydrogen (secondary N) is 1. The molecule has 0 aromatic heterocycles. The quantitative estimate of drug-likeness (QED) is 0.558. The molecule has 1 unspecified atom stereocenters. The third-order valence-electron chi connectivity index (χ3n) is 5.46. The molecule has 2 nitrogen and oxygen atoms in total. The molecular weight excluding hydrogens is 244 g/mol. The Hall–Kier alpha value is -0.0800. The summed E-state index contributed by atoms with van der Waals surface area (Å²) in [5.74, 6) is 0. The van der Waals surface area contributed by atoms with Crippen LogP contribution >= 0.6 is 0 Å². The maximum atomic E-state index is 3.68. The second kappa shape index (κ2) is 9.78. The monoisotopic (exact) mass is 282 g/mol. The number of hydrogen-bond donors (Lipinski definition) is 1. The van der Waals surface area contributed by atoms with Gasteiger partial charge < -0.3 is 5.32 Å². The van der Waals surface area contributed by atoms with Gasteiger partial charge in [-0.1, -0.05) is 65.7 Å². The Morgan fingerprint density at radius 1 is 0.950 bits per heavy atom. The number of unbranched alkanes of at least 4 members (excludes halogenated alkanes) is 4. The molecule has 1 N–H and O–H groups in total. The molecule has 0 aromatic carbocycles. The topological polar surface area (TPSA) is 15.3 Å². The molecule has 1 saturated carbocycles. The molecular formula is C18H38N2. The standard InChI is InChI=1S/C18H38N2/c1-5-8-9-10-11-14-17(19-4)18(15-12-13-16-18)20(6-2)7-3/h17,19H,5-16H2,1-4H3. The van der Waals surface area contributed by atoms with Crippen molar-refractivity contribution in [3.8, 4) is 0 Å². The first-order valence-electron chi connectivity index (χ1n) is 9.17. The van der Waals surface area contributed by atoms with Gasteiger partial charge in [-0.05, 0) is 39.4 Å². The van der Waals surface area contributed by atoms with E-state index in [0.29, 0.717) is 11.6 Å². The summed E-state index contributed by atoms with van der Waals surface area (Å²) in [6, 6.07) is 0.687. The summed E-state index contributed by atoms with van der Waals surface area (Å²) in [4.78, 5) is 2.74. The van der Waals surface area contributed by atoms with E-state index in [1.165, 1.54) is 77.3 Å². The zero-order chi connectivity index (χ0) is 14.8. The van der Waals surface area contributed by atoms with E-state index in [-0.39, 0.29) is 0 Å². The van der Waals surface area contributed by atoms with Crippen LogP contribution in [-0.2, 0) is 0 Å². The third-order valence-corrected chi connectivity index (χ3v) is 5.46. The molecule has 1 rings (SSSR count). The summed E-state index contributed by atoms with van der Waals surface area (Å²) in [6.07, 6.45) is 14.0. The first kappa shape index (κ1) is 18.0. The maximum absolute atomic E-state index is 3.68. The SMILES string of the molecule is CCCCCCCC(NC)C1(N(CC)CC)CCCC1.